The molecule has 0 N–H and O–H groups in total. The van der Waals surface area contributed by atoms with Crippen LogP contribution in [0.4, 0.5) is 0 Å². The Balaban J connectivity index is 3.10. The van der Waals surface area contributed by atoms with Crippen LogP contribution in [0, 0.1) is 0 Å². The molecule has 0 saturated heterocycles. The number of methoxy groups -OCH3 is 1. The van der Waals surface area contributed by atoms with E-state index in [0.29, 0.717) is 10.9 Å². The van der Waals surface area contributed by atoms with Crippen molar-refractivity contribution in [3.05, 3.63) is 22.8 Å². The summed E-state index contributed by atoms with van der Waals surface area (Å²) in [7, 11) is 1.56. The third kappa shape index (κ3) is 1.63. The molecule has 0 amide bonds. The van der Waals surface area contributed by atoms with Gasteiger partial charge >= 0.3 is 0 Å². The fourth-order valence-electron chi connectivity index (χ4n) is 0.877. The second kappa shape index (κ2) is 3.58. The molecule has 1 heterocycles. The van der Waals surface area contributed by atoms with E-state index < -0.39 is 0 Å². The Morgan fingerprint density at radius 1 is 1.64 bits per heavy atom. The molecule has 11 heavy (non-hydrogen) atoms. The highest BCUT2D eigenvalue weighted by atomic mass is 35.5. The average molecular weight is 172 g/mol. The third-order valence-electron chi connectivity index (χ3n) is 1.51. The van der Waals surface area contributed by atoms with E-state index in [9.17, 15) is 0 Å². The molecule has 0 aliphatic rings. The van der Waals surface area contributed by atoms with Crippen molar-refractivity contribution in [1.29, 1.82) is 0 Å². The van der Waals surface area contributed by atoms with Gasteiger partial charge in [0.25, 0.3) is 0 Å². The van der Waals surface area contributed by atoms with Crippen molar-refractivity contribution >= 4 is 11.6 Å². The standard InChI is InChI=1S/C8H10ClNO/c1-3-6-4-5-10-8(11-2)7(6)9/h4-5H,3H2,1-2H3. The summed E-state index contributed by atoms with van der Waals surface area (Å²) >= 11 is 5.92. The highest BCUT2D eigenvalue weighted by Crippen LogP contribution is 2.24. The molecule has 1 rings (SSSR count). The molecule has 0 atom stereocenters. The molecule has 3 heteroatoms. The Morgan fingerprint density at radius 3 is 2.91 bits per heavy atom. The first-order valence-corrected chi connectivity index (χ1v) is 3.84. The fourth-order valence-corrected chi connectivity index (χ4v) is 1.20. The first kappa shape index (κ1) is 8.34. The van der Waals surface area contributed by atoms with E-state index in [4.69, 9.17) is 16.3 Å². The third-order valence-corrected chi connectivity index (χ3v) is 1.92. The van der Waals surface area contributed by atoms with E-state index in [2.05, 4.69) is 4.98 Å². The number of rotatable bonds is 2. The summed E-state index contributed by atoms with van der Waals surface area (Å²) in [5.41, 5.74) is 1.07. The van der Waals surface area contributed by atoms with Gasteiger partial charge in [-0.2, -0.15) is 0 Å². The van der Waals surface area contributed by atoms with Crippen LogP contribution in [-0.4, -0.2) is 12.1 Å². The number of hydrogen-bond acceptors (Lipinski definition) is 2. The van der Waals surface area contributed by atoms with Crippen LogP contribution in [-0.2, 0) is 6.42 Å². The summed E-state index contributed by atoms with van der Waals surface area (Å²) in [5.74, 6) is 0.506. The molecule has 0 radical (unpaired) electrons. The van der Waals surface area contributed by atoms with Crippen LogP contribution < -0.4 is 4.74 Å². The van der Waals surface area contributed by atoms with Crippen LogP contribution in [0.2, 0.25) is 5.02 Å². The predicted molar refractivity (Wildman–Crippen MR) is 45.2 cm³/mol. The fraction of sp³-hybridized carbons (Fsp3) is 0.375. The van der Waals surface area contributed by atoms with Gasteiger partial charge in [0.1, 0.15) is 5.02 Å². The lowest BCUT2D eigenvalue weighted by Crippen LogP contribution is -1.91. The van der Waals surface area contributed by atoms with Crippen LogP contribution in [0.1, 0.15) is 12.5 Å². The van der Waals surface area contributed by atoms with E-state index in [0.717, 1.165) is 12.0 Å². The van der Waals surface area contributed by atoms with E-state index >= 15 is 0 Å². The molecule has 0 unspecified atom stereocenters. The van der Waals surface area contributed by atoms with Crippen LogP contribution in [0.25, 0.3) is 0 Å². The number of aromatic nitrogens is 1. The maximum absolute atomic E-state index is 5.92. The second-order valence-corrected chi connectivity index (χ2v) is 2.52. The Bertz CT molecular complexity index is 228. The number of aryl methyl sites for hydroxylation is 1. The summed E-state index contributed by atoms with van der Waals surface area (Å²) in [6, 6.07) is 1.89. The van der Waals surface area contributed by atoms with E-state index in [1.54, 1.807) is 13.3 Å². The number of pyridine rings is 1. The van der Waals surface area contributed by atoms with Gasteiger partial charge in [0.2, 0.25) is 5.88 Å². The SMILES string of the molecule is CCc1ccnc(OC)c1Cl. The summed E-state index contributed by atoms with van der Waals surface area (Å²) in [4.78, 5) is 3.95. The zero-order valence-corrected chi connectivity index (χ0v) is 7.35. The summed E-state index contributed by atoms with van der Waals surface area (Å²) < 4.78 is 4.94. The van der Waals surface area contributed by atoms with Gasteiger partial charge < -0.3 is 4.74 Å². The molecular formula is C8H10ClNO. The van der Waals surface area contributed by atoms with Gasteiger partial charge in [-0.25, -0.2) is 4.98 Å². The lowest BCUT2D eigenvalue weighted by molar-refractivity contribution is 0.397. The molecule has 1 aromatic heterocycles. The van der Waals surface area contributed by atoms with Crippen LogP contribution in [0.15, 0.2) is 12.3 Å². The minimum Gasteiger partial charge on any atom is -0.480 e. The molecular weight excluding hydrogens is 162 g/mol. The van der Waals surface area contributed by atoms with Crippen molar-refractivity contribution in [1.82, 2.24) is 4.98 Å². The quantitative estimate of drug-likeness (QED) is 0.682. The van der Waals surface area contributed by atoms with Crippen molar-refractivity contribution in [2.75, 3.05) is 7.11 Å². The van der Waals surface area contributed by atoms with Crippen LogP contribution in [0.3, 0.4) is 0 Å². The Kier molecular flexibility index (Phi) is 2.71. The molecule has 0 bridgehead atoms. The molecule has 0 spiro atoms. The minimum atomic E-state index is 0.506. The van der Waals surface area contributed by atoms with Crippen molar-refractivity contribution < 1.29 is 4.74 Å². The predicted octanol–water partition coefficient (Wildman–Crippen LogP) is 2.31. The average Bonchev–Trinajstić information content (AvgIpc) is 2.05. The van der Waals surface area contributed by atoms with Crippen molar-refractivity contribution in [2.24, 2.45) is 0 Å². The zero-order valence-electron chi connectivity index (χ0n) is 6.60. The number of halogens is 1. The van der Waals surface area contributed by atoms with Gasteiger partial charge in [0.05, 0.1) is 7.11 Å². The topological polar surface area (TPSA) is 22.1 Å². The molecule has 1 aromatic rings. The van der Waals surface area contributed by atoms with Gasteiger partial charge in [-0.3, -0.25) is 0 Å². The van der Waals surface area contributed by atoms with E-state index in [1.807, 2.05) is 13.0 Å². The van der Waals surface area contributed by atoms with Gasteiger partial charge in [0, 0.05) is 6.20 Å². The van der Waals surface area contributed by atoms with E-state index in [-0.39, 0.29) is 0 Å². The second-order valence-electron chi connectivity index (χ2n) is 2.15. The molecule has 0 saturated carbocycles. The number of hydrogen-bond donors (Lipinski definition) is 0. The monoisotopic (exact) mass is 171 g/mol. The minimum absolute atomic E-state index is 0.506. The zero-order chi connectivity index (χ0) is 8.27. The maximum atomic E-state index is 5.92. The largest absolute Gasteiger partial charge is 0.480 e. The van der Waals surface area contributed by atoms with Gasteiger partial charge in [-0.05, 0) is 18.1 Å². The molecule has 0 aromatic carbocycles. The van der Waals surface area contributed by atoms with Gasteiger partial charge in [-0.15, -0.1) is 0 Å². The maximum Gasteiger partial charge on any atom is 0.232 e. The van der Waals surface area contributed by atoms with Crippen molar-refractivity contribution in [2.45, 2.75) is 13.3 Å². The molecule has 0 aliphatic carbocycles. The van der Waals surface area contributed by atoms with Gasteiger partial charge in [-0.1, -0.05) is 18.5 Å². The summed E-state index contributed by atoms with van der Waals surface area (Å²) in [6.07, 6.45) is 2.60. The summed E-state index contributed by atoms with van der Waals surface area (Å²) in [6.45, 7) is 2.04. The Morgan fingerprint density at radius 2 is 2.36 bits per heavy atom. The van der Waals surface area contributed by atoms with Crippen molar-refractivity contribution in [3.63, 3.8) is 0 Å². The first-order valence-electron chi connectivity index (χ1n) is 3.47. The van der Waals surface area contributed by atoms with Crippen molar-refractivity contribution in [3.8, 4) is 5.88 Å². The Hall–Kier alpha value is -0.760. The highest BCUT2D eigenvalue weighted by molar-refractivity contribution is 6.32. The lowest BCUT2D eigenvalue weighted by Gasteiger charge is -2.04. The molecule has 2 nitrogen and oxygen atoms in total. The lowest BCUT2D eigenvalue weighted by atomic mass is 10.2. The smallest absolute Gasteiger partial charge is 0.232 e. The van der Waals surface area contributed by atoms with E-state index in [1.165, 1.54) is 0 Å². The van der Waals surface area contributed by atoms with Crippen LogP contribution in [0.5, 0.6) is 5.88 Å². The van der Waals surface area contributed by atoms with Gasteiger partial charge in [0.15, 0.2) is 0 Å². The normalized spacial score (nSPS) is 9.73. The highest BCUT2D eigenvalue weighted by Gasteiger charge is 2.04. The summed E-state index contributed by atoms with van der Waals surface area (Å²) in [5, 5.41) is 0.623. The molecule has 0 aliphatic heterocycles. The molecule has 60 valence electrons. The number of nitrogens with zero attached hydrogens (tertiary/aromatic N) is 1. The first-order chi connectivity index (χ1) is 5.29. The Labute approximate surface area is 71.2 Å². The number of ether oxygens (including phenoxy) is 1. The molecule has 0 fully saturated rings. The van der Waals surface area contributed by atoms with Crippen LogP contribution >= 0.6 is 11.6 Å².